The van der Waals surface area contributed by atoms with Gasteiger partial charge in [0.05, 0.1) is 15.1 Å². The fourth-order valence-corrected chi connectivity index (χ4v) is 2.99. The standard InChI is InChI=1S/C8H5BrClNOS/c1-11-2-5(10)7-6(8(11)12)4(9)3-13-7/h2-3H,1H3/i1D3. The van der Waals surface area contributed by atoms with Crippen molar-refractivity contribution in [3.63, 3.8) is 0 Å². The number of hydrogen-bond acceptors (Lipinski definition) is 2. The predicted molar refractivity (Wildman–Crippen MR) is 59.8 cm³/mol. The van der Waals surface area contributed by atoms with Gasteiger partial charge in [-0.15, -0.1) is 11.3 Å². The van der Waals surface area contributed by atoms with Gasteiger partial charge in [-0.05, 0) is 15.9 Å². The Hall–Kier alpha value is -0.320. The van der Waals surface area contributed by atoms with Crippen LogP contribution in [0.1, 0.15) is 4.11 Å². The van der Waals surface area contributed by atoms with Crippen LogP contribution in [-0.2, 0) is 6.98 Å². The number of nitrogens with zero attached hydrogens (tertiary/aromatic N) is 1. The summed E-state index contributed by atoms with van der Waals surface area (Å²) in [5, 5.41) is 2.29. The molecule has 0 unspecified atom stereocenters. The average molecular weight is 282 g/mol. The molecule has 13 heavy (non-hydrogen) atoms. The molecule has 2 rings (SSSR count). The molecule has 68 valence electrons. The predicted octanol–water partition coefficient (Wildman–Crippen LogP) is 3.02. The zero-order valence-corrected chi connectivity index (χ0v) is 9.33. The number of halogens is 2. The second kappa shape index (κ2) is 3.12. The quantitative estimate of drug-likeness (QED) is 0.727. The normalized spacial score (nSPS) is 15.4. The lowest BCUT2D eigenvalue weighted by molar-refractivity contribution is 0.874. The Balaban J connectivity index is 2.95. The molecule has 0 fully saturated rings. The SMILES string of the molecule is [2H]C([2H])([2H])n1cc(Cl)c2scc(Br)c2c1=O. The van der Waals surface area contributed by atoms with Crippen LogP contribution in [0.4, 0.5) is 0 Å². The lowest BCUT2D eigenvalue weighted by Crippen LogP contribution is -2.15. The third kappa shape index (κ3) is 1.33. The Kier molecular flexibility index (Phi) is 1.49. The second-order valence-corrected chi connectivity index (χ2v) is 4.58. The Labute approximate surface area is 96.1 Å². The summed E-state index contributed by atoms with van der Waals surface area (Å²) in [4.78, 5) is 11.9. The minimum atomic E-state index is -2.52. The van der Waals surface area contributed by atoms with Crippen molar-refractivity contribution in [3.05, 3.63) is 31.4 Å². The molecule has 0 N–H and O–H groups in total. The van der Waals surface area contributed by atoms with Crippen LogP contribution in [0.3, 0.4) is 0 Å². The van der Waals surface area contributed by atoms with E-state index >= 15 is 0 Å². The molecule has 0 saturated carbocycles. The van der Waals surface area contributed by atoms with E-state index in [2.05, 4.69) is 15.9 Å². The molecule has 0 radical (unpaired) electrons. The summed E-state index contributed by atoms with van der Waals surface area (Å²) in [7, 11) is 0. The summed E-state index contributed by atoms with van der Waals surface area (Å²) in [5.41, 5.74) is -0.562. The molecule has 0 aromatic carbocycles. The number of thiophene rings is 1. The molecule has 0 bridgehead atoms. The van der Waals surface area contributed by atoms with Crippen molar-refractivity contribution < 1.29 is 4.11 Å². The summed E-state index contributed by atoms with van der Waals surface area (Å²) in [6.45, 7) is -2.52. The highest BCUT2D eigenvalue weighted by molar-refractivity contribution is 9.10. The smallest absolute Gasteiger partial charge is 0.260 e. The number of hydrogen-bond donors (Lipinski definition) is 0. The van der Waals surface area contributed by atoms with Gasteiger partial charge in [-0.2, -0.15) is 0 Å². The topological polar surface area (TPSA) is 22.0 Å². The number of rotatable bonds is 0. The minimum absolute atomic E-state index is 0.265. The van der Waals surface area contributed by atoms with Gasteiger partial charge < -0.3 is 4.57 Å². The zero-order valence-electron chi connectivity index (χ0n) is 9.17. The highest BCUT2D eigenvalue weighted by atomic mass is 79.9. The van der Waals surface area contributed by atoms with Gasteiger partial charge in [0.2, 0.25) is 0 Å². The van der Waals surface area contributed by atoms with Crippen LogP contribution in [0.15, 0.2) is 20.8 Å². The van der Waals surface area contributed by atoms with Crippen molar-refractivity contribution in [3.8, 4) is 0 Å². The monoisotopic (exact) mass is 280 g/mol. The van der Waals surface area contributed by atoms with Crippen molar-refractivity contribution in [1.82, 2.24) is 4.57 Å². The van der Waals surface area contributed by atoms with Gasteiger partial charge >= 0.3 is 0 Å². The first-order valence-electron chi connectivity index (χ1n) is 4.80. The highest BCUT2D eigenvalue weighted by Gasteiger charge is 2.10. The van der Waals surface area contributed by atoms with Crippen molar-refractivity contribution >= 4 is 49.0 Å². The summed E-state index contributed by atoms with van der Waals surface area (Å²) in [5.74, 6) is 0. The molecule has 0 amide bonds. The van der Waals surface area contributed by atoms with E-state index in [4.69, 9.17) is 15.7 Å². The summed E-state index contributed by atoms with van der Waals surface area (Å²) >= 11 is 10.4. The minimum Gasteiger partial charge on any atom is -0.316 e. The fraction of sp³-hybridized carbons (Fsp3) is 0.125. The Morgan fingerprint density at radius 1 is 1.77 bits per heavy atom. The maximum absolute atomic E-state index is 11.9. The zero-order chi connectivity index (χ0) is 12.1. The lowest BCUT2D eigenvalue weighted by Gasteiger charge is -1.99. The third-order valence-electron chi connectivity index (χ3n) is 1.64. The molecule has 2 heterocycles. The number of pyridine rings is 1. The molecule has 2 aromatic heterocycles. The molecule has 0 aliphatic heterocycles. The van der Waals surface area contributed by atoms with Crippen LogP contribution in [0.2, 0.25) is 5.02 Å². The Bertz CT molecular complexity index is 618. The number of aromatic nitrogens is 1. The molecule has 0 aliphatic carbocycles. The molecule has 0 spiro atoms. The van der Waals surface area contributed by atoms with Gasteiger partial charge in [0.25, 0.3) is 5.56 Å². The van der Waals surface area contributed by atoms with Crippen molar-refractivity contribution in [1.29, 1.82) is 0 Å². The van der Waals surface area contributed by atoms with E-state index in [1.54, 1.807) is 5.38 Å². The molecule has 0 atom stereocenters. The molecule has 0 saturated heterocycles. The van der Waals surface area contributed by atoms with Gasteiger partial charge in [-0.1, -0.05) is 11.6 Å². The average Bonchev–Trinajstić information content (AvgIpc) is 2.53. The van der Waals surface area contributed by atoms with Crippen LogP contribution in [0.5, 0.6) is 0 Å². The van der Waals surface area contributed by atoms with Gasteiger partial charge in [0, 0.05) is 27.1 Å². The first-order valence-corrected chi connectivity index (χ1v) is 5.36. The molecule has 0 aliphatic rings. The van der Waals surface area contributed by atoms with Gasteiger partial charge in [0.15, 0.2) is 0 Å². The maximum Gasteiger partial charge on any atom is 0.260 e. The van der Waals surface area contributed by atoms with Crippen LogP contribution in [0, 0.1) is 0 Å². The lowest BCUT2D eigenvalue weighted by atomic mass is 10.3. The van der Waals surface area contributed by atoms with E-state index in [0.29, 0.717) is 19.1 Å². The second-order valence-electron chi connectivity index (χ2n) is 2.44. The fourth-order valence-electron chi connectivity index (χ4n) is 1.06. The van der Waals surface area contributed by atoms with Gasteiger partial charge in [-0.3, -0.25) is 4.79 Å². The highest BCUT2D eigenvalue weighted by Crippen LogP contribution is 2.32. The molecule has 2 nitrogen and oxygen atoms in total. The molecule has 5 heteroatoms. The van der Waals surface area contributed by atoms with E-state index in [9.17, 15) is 4.79 Å². The van der Waals surface area contributed by atoms with Gasteiger partial charge in [0.1, 0.15) is 0 Å². The molecular weight excluding hydrogens is 274 g/mol. The number of aryl methyl sites for hydroxylation is 1. The van der Waals surface area contributed by atoms with E-state index in [-0.39, 0.29) is 5.02 Å². The van der Waals surface area contributed by atoms with Crippen LogP contribution in [0.25, 0.3) is 10.1 Å². The number of fused-ring (bicyclic) bond motifs is 1. The molecular formula is C8H5BrClNOS. The van der Waals surface area contributed by atoms with E-state index in [1.807, 2.05) is 0 Å². The largest absolute Gasteiger partial charge is 0.316 e. The van der Waals surface area contributed by atoms with Crippen molar-refractivity contribution in [2.75, 3.05) is 0 Å². The first kappa shape index (κ1) is 6.22. The van der Waals surface area contributed by atoms with Crippen LogP contribution in [-0.4, -0.2) is 4.57 Å². The summed E-state index contributed by atoms with van der Waals surface area (Å²) < 4.78 is 23.5. The summed E-state index contributed by atoms with van der Waals surface area (Å²) in [6.07, 6.45) is 1.15. The maximum atomic E-state index is 11.9. The van der Waals surface area contributed by atoms with Crippen LogP contribution < -0.4 is 5.56 Å². The van der Waals surface area contributed by atoms with E-state index < -0.39 is 12.5 Å². The van der Waals surface area contributed by atoms with Crippen molar-refractivity contribution in [2.24, 2.45) is 6.98 Å². The van der Waals surface area contributed by atoms with Crippen LogP contribution >= 0.6 is 38.9 Å². The first-order chi connectivity index (χ1) is 7.32. The Morgan fingerprint density at radius 2 is 2.54 bits per heavy atom. The third-order valence-corrected chi connectivity index (χ3v) is 3.98. The van der Waals surface area contributed by atoms with E-state index in [0.717, 1.165) is 6.20 Å². The van der Waals surface area contributed by atoms with Crippen molar-refractivity contribution in [2.45, 2.75) is 0 Å². The molecule has 2 aromatic rings. The summed E-state index contributed by atoms with van der Waals surface area (Å²) in [6, 6.07) is 0. The Morgan fingerprint density at radius 3 is 3.23 bits per heavy atom. The van der Waals surface area contributed by atoms with Gasteiger partial charge in [-0.25, -0.2) is 0 Å². The van der Waals surface area contributed by atoms with E-state index in [1.165, 1.54) is 11.3 Å².